The SMILES string of the molecule is NC(=O)C(CC1CCCCC1)NC(=O)C1CN(C(=O)c2cccnc2)CCN1S(=O)(=O)c1ccccc1. The summed E-state index contributed by atoms with van der Waals surface area (Å²) in [6, 6.07) is 8.96. The molecule has 3 N–H and O–H groups in total. The number of sulfonamides is 1. The van der Waals surface area contributed by atoms with Crippen LogP contribution in [0, 0.1) is 5.92 Å². The third kappa shape index (κ3) is 6.34. The highest BCUT2D eigenvalue weighted by molar-refractivity contribution is 7.89. The zero-order chi connectivity index (χ0) is 26.4. The monoisotopic (exact) mass is 527 g/mol. The Morgan fingerprint density at radius 3 is 2.41 bits per heavy atom. The van der Waals surface area contributed by atoms with Gasteiger partial charge in [0.2, 0.25) is 21.8 Å². The van der Waals surface area contributed by atoms with Crippen molar-refractivity contribution < 1.29 is 22.8 Å². The number of carbonyl (C=O) groups excluding carboxylic acids is 3. The van der Waals surface area contributed by atoms with Gasteiger partial charge in [0.1, 0.15) is 12.1 Å². The molecule has 2 aromatic rings. The van der Waals surface area contributed by atoms with E-state index < -0.39 is 33.9 Å². The van der Waals surface area contributed by atoms with Crippen LogP contribution in [0.25, 0.3) is 0 Å². The van der Waals surface area contributed by atoms with Crippen LogP contribution < -0.4 is 11.1 Å². The summed E-state index contributed by atoms with van der Waals surface area (Å²) in [4.78, 5) is 44.4. The van der Waals surface area contributed by atoms with E-state index in [0.717, 1.165) is 36.4 Å². The largest absolute Gasteiger partial charge is 0.368 e. The normalized spacial score (nSPS) is 20.2. The van der Waals surface area contributed by atoms with E-state index in [1.807, 2.05) is 0 Å². The highest BCUT2D eigenvalue weighted by Gasteiger charge is 2.42. The Hall–Kier alpha value is -3.31. The number of rotatable bonds is 8. The van der Waals surface area contributed by atoms with E-state index in [1.165, 1.54) is 23.2 Å². The molecule has 10 nitrogen and oxygen atoms in total. The molecular weight excluding hydrogens is 494 g/mol. The number of nitrogens with zero attached hydrogens (tertiary/aromatic N) is 3. The third-order valence-corrected chi connectivity index (χ3v) is 9.06. The summed E-state index contributed by atoms with van der Waals surface area (Å²) < 4.78 is 28.2. The maximum Gasteiger partial charge on any atom is 0.255 e. The van der Waals surface area contributed by atoms with Crippen LogP contribution in [0.2, 0.25) is 0 Å². The van der Waals surface area contributed by atoms with Crippen LogP contribution >= 0.6 is 0 Å². The van der Waals surface area contributed by atoms with E-state index in [1.54, 1.807) is 36.5 Å². The molecule has 198 valence electrons. The van der Waals surface area contributed by atoms with Crippen molar-refractivity contribution in [1.29, 1.82) is 0 Å². The first-order valence-corrected chi connectivity index (χ1v) is 14.1. The predicted molar refractivity (Wildman–Crippen MR) is 137 cm³/mol. The molecule has 1 aliphatic carbocycles. The average molecular weight is 528 g/mol. The van der Waals surface area contributed by atoms with E-state index in [-0.39, 0.29) is 36.4 Å². The van der Waals surface area contributed by atoms with Gasteiger partial charge in [-0.2, -0.15) is 4.31 Å². The minimum atomic E-state index is -4.05. The molecule has 2 atom stereocenters. The Kier molecular flexibility index (Phi) is 8.55. The van der Waals surface area contributed by atoms with Crippen molar-refractivity contribution in [2.75, 3.05) is 19.6 Å². The summed E-state index contributed by atoms with van der Waals surface area (Å²) >= 11 is 0. The van der Waals surface area contributed by atoms with Gasteiger partial charge in [-0.05, 0) is 36.6 Å². The second-order valence-electron chi connectivity index (χ2n) is 9.64. The average Bonchev–Trinajstić information content (AvgIpc) is 2.93. The molecule has 4 rings (SSSR count). The van der Waals surface area contributed by atoms with Crippen molar-refractivity contribution in [3.05, 3.63) is 60.4 Å². The number of benzene rings is 1. The fourth-order valence-electron chi connectivity index (χ4n) is 5.12. The summed E-state index contributed by atoms with van der Waals surface area (Å²) in [5.74, 6) is -1.39. The molecule has 1 aliphatic heterocycles. The smallest absolute Gasteiger partial charge is 0.255 e. The van der Waals surface area contributed by atoms with Gasteiger partial charge in [0.05, 0.1) is 10.5 Å². The Balaban J connectivity index is 1.59. The Bertz CT molecular complexity index is 1200. The van der Waals surface area contributed by atoms with Gasteiger partial charge in [-0.3, -0.25) is 19.4 Å². The number of pyridine rings is 1. The molecule has 2 heterocycles. The quantitative estimate of drug-likeness (QED) is 0.533. The van der Waals surface area contributed by atoms with Crippen molar-refractivity contribution in [3.63, 3.8) is 0 Å². The lowest BCUT2D eigenvalue weighted by atomic mass is 9.84. The zero-order valence-electron chi connectivity index (χ0n) is 20.7. The molecule has 3 amide bonds. The molecule has 0 spiro atoms. The van der Waals surface area contributed by atoms with E-state index in [0.29, 0.717) is 12.0 Å². The maximum absolute atomic E-state index is 13.6. The minimum absolute atomic E-state index is 0.0495. The van der Waals surface area contributed by atoms with Crippen molar-refractivity contribution in [2.45, 2.75) is 55.5 Å². The molecular formula is C26H33N5O5S. The summed E-state index contributed by atoms with van der Waals surface area (Å²) in [5.41, 5.74) is 5.98. The standard InChI is InChI=1S/C26H33N5O5S/c27-24(32)22(16-19-8-3-1-4-9-19)29-25(33)23-18-30(26(34)20-10-7-13-28-17-20)14-15-31(23)37(35,36)21-11-5-2-6-12-21/h2,5-7,10-13,17,19,22-23H,1,3-4,8-9,14-16,18H2,(H2,27,32)(H,29,33). The highest BCUT2D eigenvalue weighted by atomic mass is 32.2. The van der Waals surface area contributed by atoms with Crippen LogP contribution in [0.1, 0.15) is 48.9 Å². The van der Waals surface area contributed by atoms with Crippen molar-refractivity contribution in [1.82, 2.24) is 19.5 Å². The van der Waals surface area contributed by atoms with Gasteiger partial charge < -0.3 is 16.0 Å². The van der Waals surface area contributed by atoms with Gasteiger partial charge in [0.25, 0.3) is 5.91 Å². The first kappa shape index (κ1) is 26.7. The number of nitrogens with two attached hydrogens (primary N) is 1. The van der Waals surface area contributed by atoms with Crippen LogP contribution in [0.15, 0.2) is 59.8 Å². The number of amides is 3. The van der Waals surface area contributed by atoms with Crippen LogP contribution in [-0.2, 0) is 19.6 Å². The molecule has 1 saturated carbocycles. The molecule has 1 aromatic carbocycles. The van der Waals surface area contributed by atoms with Crippen LogP contribution in [0.4, 0.5) is 0 Å². The van der Waals surface area contributed by atoms with E-state index in [4.69, 9.17) is 5.73 Å². The van der Waals surface area contributed by atoms with Gasteiger partial charge >= 0.3 is 0 Å². The lowest BCUT2D eigenvalue weighted by Gasteiger charge is -2.40. The van der Waals surface area contributed by atoms with Gasteiger partial charge in [-0.15, -0.1) is 0 Å². The fraction of sp³-hybridized carbons (Fsp3) is 0.462. The van der Waals surface area contributed by atoms with Gasteiger partial charge in [0.15, 0.2) is 0 Å². The number of hydrogen-bond donors (Lipinski definition) is 2. The molecule has 2 unspecified atom stereocenters. The lowest BCUT2D eigenvalue weighted by Crippen LogP contribution is -2.63. The summed E-state index contributed by atoms with van der Waals surface area (Å²) in [7, 11) is -4.05. The first-order valence-electron chi connectivity index (χ1n) is 12.6. The number of piperazine rings is 1. The van der Waals surface area contributed by atoms with Crippen LogP contribution in [0.3, 0.4) is 0 Å². The Morgan fingerprint density at radius 2 is 1.76 bits per heavy atom. The topological polar surface area (TPSA) is 143 Å². The fourth-order valence-corrected chi connectivity index (χ4v) is 6.71. The Morgan fingerprint density at radius 1 is 1.03 bits per heavy atom. The predicted octanol–water partition coefficient (Wildman–Crippen LogP) is 1.54. The highest BCUT2D eigenvalue weighted by Crippen LogP contribution is 2.28. The molecule has 2 aliphatic rings. The zero-order valence-corrected chi connectivity index (χ0v) is 21.5. The molecule has 0 radical (unpaired) electrons. The molecule has 1 saturated heterocycles. The second-order valence-corrected chi connectivity index (χ2v) is 11.5. The van der Waals surface area contributed by atoms with Crippen molar-refractivity contribution in [3.8, 4) is 0 Å². The summed E-state index contributed by atoms with van der Waals surface area (Å²) in [6.45, 7) is -0.142. The number of aromatic nitrogens is 1. The lowest BCUT2D eigenvalue weighted by molar-refractivity contribution is -0.131. The maximum atomic E-state index is 13.6. The summed E-state index contributed by atoms with van der Waals surface area (Å²) in [5, 5.41) is 2.72. The van der Waals surface area contributed by atoms with E-state index in [2.05, 4.69) is 10.3 Å². The molecule has 11 heteroatoms. The first-order chi connectivity index (χ1) is 17.8. The Labute approximate surface area is 217 Å². The minimum Gasteiger partial charge on any atom is -0.368 e. The van der Waals surface area contributed by atoms with Crippen molar-refractivity contribution >= 4 is 27.7 Å². The van der Waals surface area contributed by atoms with Crippen LogP contribution in [0.5, 0.6) is 0 Å². The van der Waals surface area contributed by atoms with E-state index >= 15 is 0 Å². The number of nitrogens with one attached hydrogen (secondary N) is 1. The molecule has 0 bridgehead atoms. The van der Waals surface area contributed by atoms with Crippen molar-refractivity contribution in [2.24, 2.45) is 11.7 Å². The molecule has 2 fully saturated rings. The van der Waals surface area contributed by atoms with Gasteiger partial charge in [0, 0.05) is 32.0 Å². The van der Waals surface area contributed by atoms with Gasteiger partial charge in [-0.1, -0.05) is 50.3 Å². The number of hydrogen-bond acceptors (Lipinski definition) is 6. The van der Waals surface area contributed by atoms with Gasteiger partial charge in [-0.25, -0.2) is 8.42 Å². The molecule has 1 aromatic heterocycles. The summed E-state index contributed by atoms with van der Waals surface area (Å²) in [6.07, 6.45) is 8.61. The third-order valence-electron chi connectivity index (χ3n) is 7.13. The number of primary amides is 1. The number of carbonyl (C=O) groups is 3. The second kappa shape index (κ2) is 11.8. The van der Waals surface area contributed by atoms with Crippen LogP contribution in [-0.4, -0.2) is 72.0 Å². The van der Waals surface area contributed by atoms with E-state index in [9.17, 15) is 22.8 Å². The molecule has 37 heavy (non-hydrogen) atoms.